The minimum Gasteiger partial charge on any atom is -0.481 e. The van der Waals surface area contributed by atoms with E-state index in [0.29, 0.717) is 12.2 Å². The van der Waals surface area contributed by atoms with Crippen LogP contribution >= 0.6 is 11.8 Å². The molecule has 4 amide bonds. The normalized spacial score (nSPS) is 14.3. The number of hydrogen-bond donors (Lipinski definition) is 7. The first-order valence-electron chi connectivity index (χ1n) is 11.2. The number of carbonyl (C=O) groups is 6. The van der Waals surface area contributed by atoms with Crippen LogP contribution in [0.1, 0.15) is 52.4 Å². The molecule has 9 N–H and O–H groups in total. The van der Waals surface area contributed by atoms with Crippen LogP contribution in [0.2, 0.25) is 0 Å². The van der Waals surface area contributed by atoms with Crippen molar-refractivity contribution in [2.75, 3.05) is 12.0 Å². The second-order valence-electron chi connectivity index (χ2n) is 8.48. The van der Waals surface area contributed by atoms with Crippen LogP contribution in [0.4, 0.5) is 0 Å². The molecular weight excluding hydrogens is 482 g/mol. The number of thioether (sulfide) groups is 1. The second kappa shape index (κ2) is 16.7. The molecule has 13 nitrogen and oxygen atoms in total. The van der Waals surface area contributed by atoms with E-state index in [1.54, 1.807) is 0 Å². The minimum absolute atomic E-state index is 0.148. The van der Waals surface area contributed by atoms with Crippen molar-refractivity contribution in [2.45, 2.75) is 76.5 Å². The summed E-state index contributed by atoms with van der Waals surface area (Å²) in [4.78, 5) is 71.6. The monoisotopic (exact) mass is 519 g/mol. The molecule has 0 aromatic rings. The number of amides is 4. The predicted octanol–water partition coefficient (Wildman–Crippen LogP) is -1.22. The number of aliphatic carboxylic acids is 2. The number of nitrogens with one attached hydrogen (secondary N) is 3. The zero-order valence-electron chi connectivity index (χ0n) is 20.2. The minimum atomic E-state index is -1.47. The van der Waals surface area contributed by atoms with Gasteiger partial charge in [0.25, 0.3) is 0 Å². The lowest BCUT2D eigenvalue weighted by Gasteiger charge is -2.25. The van der Waals surface area contributed by atoms with E-state index in [2.05, 4.69) is 16.0 Å². The van der Waals surface area contributed by atoms with E-state index in [0.717, 1.165) is 0 Å². The molecule has 0 heterocycles. The third kappa shape index (κ3) is 14.2. The van der Waals surface area contributed by atoms with Crippen molar-refractivity contribution < 1.29 is 39.0 Å². The van der Waals surface area contributed by atoms with Crippen LogP contribution in [0.15, 0.2) is 0 Å². The van der Waals surface area contributed by atoms with Gasteiger partial charge in [0.05, 0.1) is 6.04 Å². The number of hydrogen-bond acceptors (Lipinski definition) is 8. The van der Waals surface area contributed by atoms with Gasteiger partial charge in [0.1, 0.15) is 18.1 Å². The van der Waals surface area contributed by atoms with Gasteiger partial charge in [-0.3, -0.25) is 24.0 Å². The van der Waals surface area contributed by atoms with Gasteiger partial charge in [0, 0.05) is 12.8 Å². The van der Waals surface area contributed by atoms with Gasteiger partial charge in [-0.15, -0.1) is 0 Å². The van der Waals surface area contributed by atoms with Gasteiger partial charge >= 0.3 is 11.9 Å². The SMILES string of the molecule is CSCCC(NC(=O)C(N)CC(C)C)C(=O)NC(CCC(=O)O)C(=O)NC(CCC(N)=O)C(=O)O. The quantitative estimate of drug-likeness (QED) is 0.114. The average Bonchev–Trinajstić information content (AvgIpc) is 2.75. The van der Waals surface area contributed by atoms with Gasteiger partial charge in [0.2, 0.25) is 23.6 Å². The molecule has 0 fully saturated rings. The summed E-state index contributed by atoms with van der Waals surface area (Å²) in [5.41, 5.74) is 10.9. The van der Waals surface area contributed by atoms with Crippen molar-refractivity contribution in [3.63, 3.8) is 0 Å². The zero-order chi connectivity index (χ0) is 27.1. The summed E-state index contributed by atoms with van der Waals surface area (Å²) < 4.78 is 0. The lowest BCUT2D eigenvalue weighted by atomic mass is 10.0. The molecule has 14 heteroatoms. The fourth-order valence-corrected chi connectivity index (χ4v) is 3.49. The van der Waals surface area contributed by atoms with Gasteiger partial charge in [-0.25, -0.2) is 4.79 Å². The Kier molecular flexibility index (Phi) is 15.3. The van der Waals surface area contributed by atoms with Crippen LogP contribution < -0.4 is 27.4 Å². The summed E-state index contributed by atoms with van der Waals surface area (Å²) in [5.74, 6) is -4.98. The number of carboxylic acids is 2. The first-order chi connectivity index (χ1) is 16.3. The van der Waals surface area contributed by atoms with E-state index in [9.17, 15) is 33.9 Å². The van der Waals surface area contributed by atoms with Crippen molar-refractivity contribution in [3.05, 3.63) is 0 Å². The van der Waals surface area contributed by atoms with E-state index in [1.165, 1.54) is 11.8 Å². The van der Waals surface area contributed by atoms with E-state index in [1.807, 2.05) is 20.1 Å². The van der Waals surface area contributed by atoms with E-state index >= 15 is 0 Å². The predicted molar refractivity (Wildman–Crippen MR) is 129 cm³/mol. The molecule has 0 aliphatic heterocycles. The van der Waals surface area contributed by atoms with Crippen LogP contribution in [0.3, 0.4) is 0 Å². The van der Waals surface area contributed by atoms with Crippen molar-refractivity contribution in [1.82, 2.24) is 16.0 Å². The maximum Gasteiger partial charge on any atom is 0.326 e. The van der Waals surface area contributed by atoms with Crippen molar-refractivity contribution in [2.24, 2.45) is 17.4 Å². The maximum absolute atomic E-state index is 12.9. The molecule has 0 bridgehead atoms. The first-order valence-corrected chi connectivity index (χ1v) is 12.6. The third-order valence-corrected chi connectivity index (χ3v) is 5.52. The highest BCUT2D eigenvalue weighted by atomic mass is 32.2. The van der Waals surface area contributed by atoms with Gasteiger partial charge in [-0.1, -0.05) is 13.8 Å². The molecule has 200 valence electrons. The molecule has 0 aromatic heterocycles. The Balaban J connectivity index is 5.54. The molecule has 0 rings (SSSR count). The van der Waals surface area contributed by atoms with Crippen LogP contribution in [-0.4, -0.2) is 82.0 Å². The fourth-order valence-electron chi connectivity index (χ4n) is 3.02. The summed E-state index contributed by atoms with van der Waals surface area (Å²) >= 11 is 1.43. The van der Waals surface area contributed by atoms with E-state index in [-0.39, 0.29) is 31.6 Å². The Bertz CT molecular complexity index is 764. The highest BCUT2D eigenvalue weighted by molar-refractivity contribution is 7.98. The Morgan fingerprint density at radius 3 is 1.74 bits per heavy atom. The first kappa shape index (κ1) is 32.1. The van der Waals surface area contributed by atoms with Crippen molar-refractivity contribution in [1.29, 1.82) is 0 Å². The summed E-state index contributed by atoms with van der Waals surface area (Å²) in [6.07, 6.45) is 1.02. The molecule has 35 heavy (non-hydrogen) atoms. The molecule has 0 saturated carbocycles. The van der Waals surface area contributed by atoms with E-state index < -0.39 is 66.2 Å². The molecule has 4 atom stereocenters. The standard InChI is InChI=1S/C21H37N5O8S/c1-11(2)10-12(22)18(30)24-14(8-9-35-3)20(32)25-13(5-7-17(28)29)19(31)26-15(21(33)34)4-6-16(23)27/h11-15H,4-10,22H2,1-3H3,(H2,23,27)(H,24,30)(H,25,32)(H,26,31)(H,28,29)(H,33,34). The Morgan fingerprint density at radius 2 is 1.29 bits per heavy atom. The molecule has 0 spiro atoms. The fraction of sp³-hybridized carbons (Fsp3) is 0.714. The number of primary amides is 1. The molecule has 0 aromatic carbocycles. The summed E-state index contributed by atoms with van der Waals surface area (Å²) in [6.45, 7) is 3.79. The topological polar surface area (TPSA) is 231 Å². The van der Waals surface area contributed by atoms with Gasteiger partial charge < -0.3 is 37.6 Å². The molecule has 4 unspecified atom stereocenters. The number of rotatable bonds is 18. The summed E-state index contributed by atoms with van der Waals surface area (Å²) in [5, 5.41) is 25.5. The van der Waals surface area contributed by atoms with Crippen LogP contribution in [0.5, 0.6) is 0 Å². The zero-order valence-corrected chi connectivity index (χ0v) is 21.1. The Labute approximate surface area is 208 Å². The van der Waals surface area contributed by atoms with Gasteiger partial charge in [0.15, 0.2) is 0 Å². The Hall–Kier alpha value is -2.87. The average molecular weight is 520 g/mol. The summed E-state index contributed by atoms with van der Waals surface area (Å²) in [6, 6.07) is -4.75. The lowest BCUT2D eigenvalue weighted by molar-refractivity contribution is -0.143. The number of nitrogens with two attached hydrogens (primary N) is 2. The lowest BCUT2D eigenvalue weighted by Crippen LogP contribution is -2.57. The highest BCUT2D eigenvalue weighted by Gasteiger charge is 2.30. The van der Waals surface area contributed by atoms with Crippen molar-refractivity contribution >= 4 is 47.3 Å². The third-order valence-electron chi connectivity index (χ3n) is 4.88. The molecule has 0 radical (unpaired) electrons. The molecule has 0 saturated heterocycles. The van der Waals surface area contributed by atoms with Crippen LogP contribution in [0, 0.1) is 5.92 Å². The number of carbonyl (C=O) groups excluding carboxylic acids is 4. The largest absolute Gasteiger partial charge is 0.481 e. The van der Waals surface area contributed by atoms with Crippen LogP contribution in [0.25, 0.3) is 0 Å². The van der Waals surface area contributed by atoms with Crippen LogP contribution in [-0.2, 0) is 28.8 Å². The highest BCUT2D eigenvalue weighted by Crippen LogP contribution is 2.08. The number of carboxylic acid groups (broad SMARTS) is 2. The molecular formula is C21H37N5O8S. The molecule has 0 aliphatic rings. The smallest absolute Gasteiger partial charge is 0.326 e. The van der Waals surface area contributed by atoms with E-state index in [4.69, 9.17) is 16.6 Å². The van der Waals surface area contributed by atoms with Crippen molar-refractivity contribution in [3.8, 4) is 0 Å². The second-order valence-corrected chi connectivity index (χ2v) is 9.46. The Morgan fingerprint density at radius 1 is 0.800 bits per heavy atom. The molecule has 0 aliphatic carbocycles. The van der Waals surface area contributed by atoms with Gasteiger partial charge in [-0.2, -0.15) is 11.8 Å². The maximum atomic E-state index is 12.9. The summed E-state index contributed by atoms with van der Waals surface area (Å²) in [7, 11) is 0. The van der Waals surface area contributed by atoms with Gasteiger partial charge in [-0.05, 0) is 43.6 Å².